The van der Waals surface area contributed by atoms with Crippen LogP contribution in [0, 0.1) is 6.92 Å². The van der Waals surface area contributed by atoms with E-state index in [9.17, 15) is 4.79 Å². The molecule has 1 N–H and O–H groups in total. The average Bonchev–Trinajstić information content (AvgIpc) is 2.85. The lowest BCUT2D eigenvalue weighted by Crippen LogP contribution is -2.36. The van der Waals surface area contributed by atoms with Crippen LogP contribution in [-0.2, 0) is 11.2 Å². The lowest BCUT2D eigenvalue weighted by molar-refractivity contribution is 0.0596. The largest absolute Gasteiger partial charge is 0.464 e. The van der Waals surface area contributed by atoms with Gasteiger partial charge in [-0.1, -0.05) is 12.5 Å². The molecule has 0 aliphatic carbocycles. The SMILES string of the molecule is COC(=O)c1nc(CC2CCCCN2)n2cc(C)ccc12. The summed E-state index contributed by atoms with van der Waals surface area (Å²) in [5.41, 5.74) is 2.37. The normalized spacial score (nSPS) is 18.9. The Hall–Kier alpha value is -1.88. The Labute approximate surface area is 124 Å². The molecule has 1 aliphatic rings. The zero-order chi connectivity index (χ0) is 14.8. The molecule has 21 heavy (non-hydrogen) atoms. The summed E-state index contributed by atoms with van der Waals surface area (Å²) in [6, 6.07) is 4.37. The standard InChI is InChI=1S/C16H21N3O2/c1-11-6-7-13-15(16(20)21-2)18-14(19(13)10-11)9-12-5-3-4-8-17-12/h6-7,10,12,17H,3-5,8-9H2,1-2H3. The first-order chi connectivity index (χ1) is 10.2. The van der Waals surface area contributed by atoms with E-state index in [2.05, 4.69) is 10.3 Å². The average molecular weight is 287 g/mol. The second kappa shape index (κ2) is 5.85. The summed E-state index contributed by atoms with van der Waals surface area (Å²) in [7, 11) is 1.39. The van der Waals surface area contributed by atoms with Crippen LogP contribution in [0.3, 0.4) is 0 Å². The summed E-state index contributed by atoms with van der Waals surface area (Å²) in [5, 5.41) is 3.53. The van der Waals surface area contributed by atoms with Gasteiger partial charge in [0.15, 0.2) is 5.69 Å². The Morgan fingerprint density at radius 2 is 2.33 bits per heavy atom. The Kier molecular flexibility index (Phi) is 3.92. The van der Waals surface area contributed by atoms with Crippen LogP contribution in [0.5, 0.6) is 0 Å². The van der Waals surface area contributed by atoms with Gasteiger partial charge in [0, 0.05) is 18.7 Å². The molecule has 1 aliphatic heterocycles. The molecule has 2 aromatic heterocycles. The molecule has 5 heteroatoms. The molecule has 1 saturated heterocycles. The number of imidazole rings is 1. The van der Waals surface area contributed by atoms with Crippen molar-refractivity contribution in [3.63, 3.8) is 0 Å². The van der Waals surface area contributed by atoms with Crippen molar-refractivity contribution in [2.24, 2.45) is 0 Å². The third-order valence-corrected chi connectivity index (χ3v) is 4.08. The highest BCUT2D eigenvalue weighted by molar-refractivity contribution is 5.95. The number of esters is 1. The van der Waals surface area contributed by atoms with Gasteiger partial charge in [-0.05, 0) is 37.9 Å². The molecule has 0 amide bonds. The molecule has 1 atom stereocenters. The number of ether oxygens (including phenoxy) is 1. The summed E-state index contributed by atoms with van der Waals surface area (Å²) >= 11 is 0. The molecule has 0 saturated carbocycles. The van der Waals surface area contributed by atoms with Crippen LogP contribution in [0.2, 0.25) is 0 Å². The van der Waals surface area contributed by atoms with E-state index in [1.165, 1.54) is 20.0 Å². The zero-order valence-electron chi connectivity index (χ0n) is 12.6. The number of pyridine rings is 1. The Morgan fingerprint density at radius 1 is 1.48 bits per heavy atom. The minimum Gasteiger partial charge on any atom is -0.464 e. The Morgan fingerprint density at radius 3 is 3.05 bits per heavy atom. The number of nitrogens with one attached hydrogen (secondary N) is 1. The number of hydrogen-bond acceptors (Lipinski definition) is 4. The quantitative estimate of drug-likeness (QED) is 0.879. The van der Waals surface area contributed by atoms with E-state index < -0.39 is 0 Å². The zero-order valence-corrected chi connectivity index (χ0v) is 12.6. The lowest BCUT2D eigenvalue weighted by atomic mass is 10.0. The van der Waals surface area contributed by atoms with Crippen molar-refractivity contribution in [2.75, 3.05) is 13.7 Å². The predicted octanol–water partition coefficient (Wildman–Crippen LogP) is 2.11. The second-order valence-corrected chi connectivity index (χ2v) is 5.68. The monoisotopic (exact) mass is 287 g/mol. The maximum Gasteiger partial charge on any atom is 0.358 e. The van der Waals surface area contributed by atoms with E-state index in [0.29, 0.717) is 11.7 Å². The minimum absolute atomic E-state index is 0.376. The fourth-order valence-electron chi connectivity index (χ4n) is 2.96. The first-order valence-corrected chi connectivity index (χ1v) is 7.48. The van der Waals surface area contributed by atoms with Gasteiger partial charge in [0.2, 0.25) is 0 Å². The molecule has 0 aromatic carbocycles. The minimum atomic E-state index is -0.376. The van der Waals surface area contributed by atoms with Gasteiger partial charge in [-0.3, -0.25) is 0 Å². The molecule has 1 unspecified atom stereocenters. The highest BCUT2D eigenvalue weighted by Gasteiger charge is 2.21. The number of carbonyl (C=O) groups is 1. The molecule has 1 fully saturated rings. The van der Waals surface area contributed by atoms with Gasteiger partial charge in [-0.15, -0.1) is 0 Å². The number of nitrogens with zero attached hydrogens (tertiary/aromatic N) is 2. The van der Waals surface area contributed by atoms with Crippen LogP contribution in [0.1, 0.15) is 41.1 Å². The first kappa shape index (κ1) is 14.1. The Bertz CT molecular complexity index is 657. The maximum absolute atomic E-state index is 11.9. The van der Waals surface area contributed by atoms with Crippen LogP contribution >= 0.6 is 0 Å². The number of aryl methyl sites for hydroxylation is 1. The summed E-state index contributed by atoms with van der Waals surface area (Å²) < 4.78 is 6.87. The molecule has 0 spiro atoms. The van der Waals surface area contributed by atoms with Crippen molar-refractivity contribution in [1.82, 2.24) is 14.7 Å². The van der Waals surface area contributed by atoms with Gasteiger partial charge in [0.05, 0.1) is 12.6 Å². The molecule has 3 heterocycles. The highest BCUT2D eigenvalue weighted by Crippen LogP contribution is 2.19. The summed E-state index contributed by atoms with van der Waals surface area (Å²) in [6.45, 7) is 3.11. The van der Waals surface area contributed by atoms with E-state index >= 15 is 0 Å². The van der Waals surface area contributed by atoms with Crippen molar-refractivity contribution >= 4 is 11.5 Å². The van der Waals surface area contributed by atoms with E-state index in [4.69, 9.17) is 4.74 Å². The van der Waals surface area contributed by atoms with E-state index in [0.717, 1.165) is 36.3 Å². The summed E-state index contributed by atoms with van der Waals surface area (Å²) in [4.78, 5) is 16.4. The van der Waals surface area contributed by atoms with Crippen LogP contribution in [0.25, 0.3) is 5.52 Å². The maximum atomic E-state index is 11.9. The topological polar surface area (TPSA) is 55.6 Å². The number of fused-ring (bicyclic) bond motifs is 1. The number of aromatic nitrogens is 2. The molecular weight excluding hydrogens is 266 g/mol. The lowest BCUT2D eigenvalue weighted by Gasteiger charge is -2.22. The molecule has 0 radical (unpaired) electrons. The van der Waals surface area contributed by atoms with E-state index in [1.807, 2.05) is 29.7 Å². The van der Waals surface area contributed by atoms with Crippen molar-refractivity contribution in [1.29, 1.82) is 0 Å². The van der Waals surface area contributed by atoms with Gasteiger partial charge < -0.3 is 14.5 Å². The molecule has 0 bridgehead atoms. The second-order valence-electron chi connectivity index (χ2n) is 5.68. The van der Waals surface area contributed by atoms with Crippen LogP contribution in [-0.4, -0.2) is 35.1 Å². The molecule has 112 valence electrons. The molecule has 5 nitrogen and oxygen atoms in total. The molecule has 2 aromatic rings. The third-order valence-electron chi connectivity index (χ3n) is 4.08. The summed E-state index contributed by atoms with van der Waals surface area (Å²) in [5.74, 6) is 0.549. The van der Waals surface area contributed by atoms with Crippen LogP contribution in [0.4, 0.5) is 0 Å². The van der Waals surface area contributed by atoms with Gasteiger partial charge in [-0.2, -0.15) is 0 Å². The number of piperidine rings is 1. The van der Waals surface area contributed by atoms with Gasteiger partial charge in [-0.25, -0.2) is 9.78 Å². The van der Waals surface area contributed by atoms with E-state index in [-0.39, 0.29) is 5.97 Å². The predicted molar refractivity (Wildman–Crippen MR) is 80.6 cm³/mol. The van der Waals surface area contributed by atoms with Crippen LogP contribution in [0.15, 0.2) is 18.3 Å². The van der Waals surface area contributed by atoms with Crippen molar-refractivity contribution in [3.05, 3.63) is 35.4 Å². The van der Waals surface area contributed by atoms with E-state index in [1.54, 1.807) is 0 Å². The van der Waals surface area contributed by atoms with Gasteiger partial charge in [0.25, 0.3) is 0 Å². The van der Waals surface area contributed by atoms with Gasteiger partial charge >= 0.3 is 5.97 Å². The fourth-order valence-corrected chi connectivity index (χ4v) is 2.96. The van der Waals surface area contributed by atoms with Crippen molar-refractivity contribution in [3.8, 4) is 0 Å². The van der Waals surface area contributed by atoms with Gasteiger partial charge in [0.1, 0.15) is 5.82 Å². The first-order valence-electron chi connectivity index (χ1n) is 7.48. The summed E-state index contributed by atoms with van der Waals surface area (Å²) in [6.07, 6.45) is 6.53. The number of methoxy groups -OCH3 is 1. The molecule has 3 rings (SSSR count). The highest BCUT2D eigenvalue weighted by atomic mass is 16.5. The smallest absolute Gasteiger partial charge is 0.358 e. The Balaban J connectivity index is 2.00. The van der Waals surface area contributed by atoms with Crippen molar-refractivity contribution in [2.45, 2.75) is 38.6 Å². The fraction of sp³-hybridized carbons (Fsp3) is 0.500. The van der Waals surface area contributed by atoms with Crippen LogP contribution < -0.4 is 5.32 Å². The third kappa shape index (κ3) is 2.78. The number of carbonyl (C=O) groups excluding carboxylic acids is 1. The number of hydrogen-bond donors (Lipinski definition) is 1. The number of rotatable bonds is 3. The molecular formula is C16H21N3O2. The van der Waals surface area contributed by atoms with Crippen molar-refractivity contribution < 1.29 is 9.53 Å².